The van der Waals surface area contributed by atoms with Crippen LogP contribution in [0, 0.1) is 13.8 Å². The summed E-state index contributed by atoms with van der Waals surface area (Å²) in [6.07, 6.45) is 0. The lowest BCUT2D eigenvalue weighted by molar-refractivity contribution is 0.611. The maximum atomic E-state index is 5.81. The molecule has 0 spiro atoms. The molecular weight excluding hydrogens is 274 g/mol. The molecule has 110 valence electrons. The van der Waals surface area contributed by atoms with Crippen molar-refractivity contribution >= 4 is 28.0 Å². The van der Waals surface area contributed by atoms with E-state index in [4.69, 9.17) is 4.42 Å². The molecule has 2 aromatic heterocycles. The summed E-state index contributed by atoms with van der Waals surface area (Å²) in [5.41, 5.74) is 6.31. The largest absolute Gasteiger partial charge is 0.423 e. The van der Waals surface area contributed by atoms with Gasteiger partial charge >= 0.3 is 0 Å². The van der Waals surface area contributed by atoms with Gasteiger partial charge in [-0.15, -0.1) is 0 Å². The fourth-order valence-electron chi connectivity index (χ4n) is 2.85. The number of anilines is 1. The highest BCUT2D eigenvalue weighted by Crippen LogP contribution is 2.24. The zero-order valence-electron chi connectivity index (χ0n) is 12.6. The number of nitrogens with zero attached hydrogens (tertiary/aromatic N) is 1. The minimum atomic E-state index is 0.558. The lowest BCUT2D eigenvalue weighted by Crippen LogP contribution is -1.99. The molecule has 0 unspecified atom stereocenters. The third-order valence-electron chi connectivity index (χ3n) is 3.84. The van der Waals surface area contributed by atoms with Crippen molar-refractivity contribution in [3.05, 3.63) is 59.3 Å². The van der Waals surface area contributed by atoms with Gasteiger partial charge in [-0.05, 0) is 48.6 Å². The zero-order valence-corrected chi connectivity index (χ0v) is 12.6. The van der Waals surface area contributed by atoms with Crippen molar-refractivity contribution in [3.63, 3.8) is 0 Å². The van der Waals surface area contributed by atoms with Gasteiger partial charge in [0.1, 0.15) is 5.52 Å². The van der Waals surface area contributed by atoms with Crippen molar-refractivity contribution in [1.82, 2.24) is 9.97 Å². The minimum Gasteiger partial charge on any atom is -0.423 e. The molecule has 0 aliphatic carbocycles. The van der Waals surface area contributed by atoms with E-state index in [-0.39, 0.29) is 0 Å². The predicted molar refractivity (Wildman–Crippen MR) is 89.1 cm³/mol. The van der Waals surface area contributed by atoms with E-state index in [0.29, 0.717) is 12.6 Å². The first-order valence-electron chi connectivity index (χ1n) is 7.37. The number of nitrogens with one attached hydrogen (secondary N) is 2. The Balaban J connectivity index is 1.59. The Hall–Kier alpha value is -2.75. The third-order valence-corrected chi connectivity index (χ3v) is 3.84. The molecule has 0 amide bonds. The molecule has 2 N–H and O–H groups in total. The zero-order chi connectivity index (χ0) is 15.1. The fourth-order valence-corrected chi connectivity index (χ4v) is 2.85. The molecule has 0 atom stereocenters. The Kier molecular flexibility index (Phi) is 2.89. The highest BCUT2D eigenvalue weighted by molar-refractivity contribution is 5.80. The van der Waals surface area contributed by atoms with Crippen LogP contribution in [0.4, 0.5) is 6.01 Å². The van der Waals surface area contributed by atoms with Crippen LogP contribution in [0.25, 0.3) is 22.0 Å². The average molecular weight is 291 g/mol. The van der Waals surface area contributed by atoms with E-state index in [0.717, 1.165) is 27.9 Å². The van der Waals surface area contributed by atoms with Crippen LogP contribution in [0.2, 0.25) is 0 Å². The smallest absolute Gasteiger partial charge is 0.296 e. The predicted octanol–water partition coefficient (Wildman–Crippen LogP) is 4.54. The molecule has 22 heavy (non-hydrogen) atoms. The van der Waals surface area contributed by atoms with Crippen LogP contribution in [-0.4, -0.2) is 9.97 Å². The normalized spacial score (nSPS) is 11.4. The monoisotopic (exact) mass is 291 g/mol. The van der Waals surface area contributed by atoms with Gasteiger partial charge in [0.25, 0.3) is 6.01 Å². The van der Waals surface area contributed by atoms with E-state index in [2.05, 4.69) is 46.5 Å². The van der Waals surface area contributed by atoms with Crippen LogP contribution in [0.15, 0.2) is 46.9 Å². The number of para-hydroxylation sites is 1. The first-order valence-corrected chi connectivity index (χ1v) is 7.37. The number of hydrogen-bond donors (Lipinski definition) is 2. The maximum absolute atomic E-state index is 5.81. The second-order valence-electron chi connectivity index (χ2n) is 5.68. The average Bonchev–Trinajstić information content (AvgIpc) is 3.07. The number of H-pyrrole nitrogens is 1. The quantitative estimate of drug-likeness (QED) is 0.582. The molecule has 4 rings (SSSR count). The van der Waals surface area contributed by atoms with Gasteiger partial charge in [-0.25, -0.2) is 0 Å². The summed E-state index contributed by atoms with van der Waals surface area (Å²) < 4.78 is 5.81. The molecule has 0 aliphatic rings. The molecule has 2 aromatic carbocycles. The van der Waals surface area contributed by atoms with Crippen LogP contribution in [0.5, 0.6) is 0 Å². The highest BCUT2D eigenvalue weighted by Gasteiger charge is 2.09. The summed E-state index contributed by atoms with van der Waals surface area (Å²) >= 11 is 0. The number of aryl methyl sites for hydroxylation is 2. The minimum absolute atomic E-state index is 0.558. The van der Waals surface area contributed by atoms with Crippen LogP contribution in [0.1, 0.15) is 16.8 Å². The van der Waals surface area contributed by atoms with Crippen molar-refractivity contribution < 1.29 is 4.42 Å². The molecule has 4 heteroatoms. The molecule has 0 fully saturated rings. The van der Waals surface area contributed by atoms with E-state index in [9.17, 15) is 0 Å². The van der Waals surface area contributed by atoms with E-state index in [1.54, 1.807) is 0 Å². The SMILES string of the molecule is Cc1cc(C)c2oc(NCc3cc4ccccc4[nH]3)nc2c1. The second-order valence-corrected chi connectivity index (χ2v) is 5.68. The fraction of sp³-hybridized carbons (Fsp3) is 0.167. The van der Waals surface area contributed by atoms with E-state index in [1.807, 2.05) is 25.1 Å². The summed E-state index contributed by atoms with van der Waals surface area (Å²) in [6.45, 7) is 4.76. The molecule has 0 radical (unpaired) electrons. The Bertz CT molecular complexity index is 932. The lowest BCUT2D eigenvalue weighted by Gasteiger charge is -1.98. The maximum Gasteiger partial charge on any atom is 0.296 e. The molecular formula is C18H17N3O. The van der Waals surface area contributed by atoms with Gasteiger partial charge < -0.3 is 14.7 Å². The number of aromatic amines is 1. The summed E-state index contributed by atoms with van der Waals surface area (Å²) in [5, 5.41) is 4.46. The molecule has 2 heterocycles. The molecule has 0 saturated carbocycles. The van der Waals surface area contributed by atoms with Gasteiger partial charge in [0.2, 0.25) is 0 Å². The first-order chi connectivity index (χ1) is 10.7. The molecule has 4 aromatic rings. The van der Waals surface area contributed by atoms with Crippen LogP contribution < -0.4 is 5.32 Å². The number of rotatable bonds is 3. The molecule has 0 bridgehead atoms. The third kappa shape index (κ3) is 2.22. The number of aromatic nitrogens is 2. The summed E-state index contributed by atoms with van der Waals surface area (Å²) in [6, 6.07) is 15.1. The van der Waals surface area contributed by atoms with Crippen molar-refractivity contribution in [2.24, 2.45) is 0 Å². The van der Waals surface area contributed by atoms with Gasteiger partial charge in [-0.1, -0.05) is 24.3 Å². The van der Waals surface area contributed by atoms with Crippen LogP contribution in [-0.2, 0) is 6.54 Å². The van der Waals surface area contributed by atoms with Crippen LogP contribution in [0.3, 0.4) is 0 Å². The lowest BCUT2D eigenvalue weighted by atomic mass is 10.1. The van der Waals surface area contributed by atoms with Crippen molar-refractivity contribution in [2.75, 3.05) is 5.32 Å². The van der Waals surface area contributed by atoms with Crippen LogP contribution >= 0.6 is 0 Å². The number of oxazole rings is 1. The molecule has 0 aliphatic heterocycles. The Morgan fingerprint density at radius 3 is 2.86 bits per heavy atom. The molecule has 4 nitrogen and oxygen atoms in total. The Labute approximate surface area is 128 Å². The van der Waals surface area contributed by atoms with Gasteiger partial charge in [-0.2, -0.15) is 4.98 Å². The Morgan fingerprint density at radius 2 is 2.00 bits per heavy atom. The van der Waals surface area contributed by atoms with Gasteiger partial charge in [0, 0.05) is 11.2 Å². The summed E-state index contributed by atoms with van der Waals surface area (Å²) in [4.78, 5) is 7.90. The van der Waals surface area contributed by atoms with Crippen molar-refractivity contribution in [2.45, 2.75) is 20.4 Å². The van der Waals surface area contributed by atoms with Gasteiger partial charge in [-0.3, -0.25) is 0 Å². The topological polar surface area (TPSA) is 53.9 Å². The number of benzene rings is 2. The van der Waals surface area contributed by atoms with Crippen molar-refractivity contribution in [3.8, 4) is 0 Å². The number of fused-ring (bicyclic) bond motifs is 2. The molecule has 0 saturated heterocycles. The van der Waals surface area contributed by atoms with Gasteiger partial charge in [0.15, 0.2) is 5.58 Å². The summed E-state index contributed by atoms with van der Waals surface area (Å²) in [5.74, 6) is 0. The van der Waals surface area contributed by atoms with E-state index in [1.165, 1.54) is 10.9 Å². The van der Waals surface area contributed by atoms with E-state index < -0.39 is 0 Å². The highest BCUT2D eigenvalue weighted by atomic mass is 16.4. The second kappa shape index (κ2) is 4.91. The first kappa shape index (κ1) is 13.0. The Morgan fingerprint density at radius 1 is 1.14 bits per heavy atom. The summed E-state index contributed by atoms with van der Waals surface area (Å²) in [7, 11) is 0. The number of hydrogen-bond acceptors (Lipinski definition) is 3. The standard InChI is InChI=1S/C18H17N3O/c1-11-7-12(2)17-16(8-11)21-18(22-17)19-10-14-9-13-5-3-4-6-15(13)20-14/h3-9,20H,10H2,1-2H3,(H,19,21). The van der Waals surface area contributed by atoms with E-state index >= 15 is 0 Å². The van der Waals surface area contributed by atoms with Gasteiger partial charge in [0.05, 0.1) is 6.54 Å². The van der Waals surface area contributed by atoms with Crippen molar-refractivity contribution in [1.29, 1.82) is 0 Å².